The molecule has 1 aromatic carbocycles. The molecule has 0 aliphatic carbocycles. The van der Waals surface area contributed by atoms with E-state index in [-0.39, 0.29) is 10.6 Å². The number of halogens is 1. The van der Waals surface area contributed by atoms with Crippen molar-refractivity contribution in [1.29, 1.82) is 5.26 Å². The minimum atomic E-state index is -1.31. The van der Waals surface area contributed by atoms with Gasteiger partial charge in [0.05, 0.1) is 11.1 Å². The standard InChI is InChI=1S/C15H16ClNO2S/c1-15(2,3)14(19)11(8-17)13(18)10-6-5-9(20-4)7-12(10)16/h5-7,11H,1-4H3. The molecule has 1 atom stereocenters. The summed E-state index contributed by atoms with van der Waals surface area (Å²) in [6, 6.07) is 6.78. The molecule has 20 heavy (non-hydrogen) atoms. The van der Waals surface area contributed by atoms with Crippen molar-refractivity contribution in [2.45, 2.75) is 25.7 Å². The fraction of sp³-hybridized carbons (Fsp3) is 0.400. The maximum absolute atomic E-state index is 12.3. The lowest BCUT2D eigenvalue weighted by Gasteiger charge is -2.19. The summed E-state index contributed by atoms with van der Waals surface area (Å²) in [5.41, 5.74) is -0.532. The number of hydrogen-bond acceptors (Lipinski definition) is 4. The van der Waals surface area contributed by atoms with Gasteiger partial charge in [0.25, 0.3) is 0 Å². The van der Waals surface area contributed by atoms with Crippen LogP contribution in [0.4, 0.5) is 0 Å². The van der Waals surface area contributed by atoms with Crippen molar-refractivity contribution in [3.05, 3.63) is 28.8 Å². The highest BCUT2D eigenvalue weighted by molar-refractivity contribution is 7.98. The highest BCUT2D eigenvalue weighted by Gasteiger charge is 2.35. The molecule has 1 rings (SSSR count). The summed E-state index contributed by atoms with van der Waals surface area (Å²) in [7, 11) is 0. The van der Waals surface area contributed by atoms with E-state index in [1.165, 1.54) is 11.8 Å². The van der Waals surface area contributed by atoms with Gasteiger partial charge >= 0.3 is 0 Å². The van der Waals surface area contributed by atoms with Gasteiger partial charge < -0.3 is 0 Å². The van der Waals surface area contributed by atoms with E-state index in [4.69, 9.17) is 16.9 Å². The molecule has 106 valence electrons. The Bertz CT molecular complexity index is 585. The lowest BCUT2D eigenvalue weighted by molar-refractivity contribution is -0.127. The molecule has 0 heterocycles. The average Bonchev–Trinajstić information content (AvgIpc) is 2.37. The predicted octanol–water partition coefficient (Wildman–Crippen LogP) is 4.00. The maximum Gasteiger partial charge on any atom is 0.189 e. The Morgan fingerprint density at radius 1 is 1.35 bits per heavy atom. The molecule has 0 aliphatic rings. The third kappa shape index (κ3) is 3.62. The van der Waals surface area contributed by atoms with E-state index in [0.717, 1.165) is 4.90 Å². The van der Waals surface area contributed by atoms with E-state index in [1.807, 2.05) is 6.26 Å². The van der Waals surface area contributed by atoms with Crippen LogP contribution >= 0.6 is 23.4 Å². The Morgan fingerprint density at radius 2 is 1.95 bits per heavy atom. The number of benzene rings is 1. The smallest absolute Gasteiger partial charge is 0.189 e. The number of rotatable bonds is 4. The maximum atomic E-state index is 12.3. The van der Waals surface area contributed by atoms with Crippen molar-refractivity contribution >= 4 is 34.9 Å². The van der Waals surface area contributed by atoms with E-state index >= 15 is 0 Å². The fourth-order valence-electron chi connectivity index (χ4n) is 1.65. The summed E-state index contributed by atoms with van der Waals surface area (Å²) in [6.45, 7) is 5.06. The number of nitriles is 1. The van der Waals surface area contributed by atoms with Gasteiger partial charge in [-0.25, -0.2) is 0 Å². The van der Waals surface area contributed by atoms with Crippen LogP contribution in [0.15, 0.2) is 23.1 Å². The third-order valence-corrected chi connectivity index (χ3v) is 3.87. The molecule has 1 unspecified atom stereocenters. The molecule has 0 bridgehead atoms. The van der Waals surface area contributed by atoms with Crippen molar-refractivity contribution in [1.82, 2.24) is 0 Å². The number of ketones is 2. The molecule has 0 radical (unpaired) electrons. The monoisotopic (exact) mass is 309 g/mol. The third-order valence-electron chi connectivity index (χ3n) is 2.83. The van der Waals surface area contributed by atoms with Crippen LogP contribution in [0, 0.1) is 22.7 Å². The van der Waals surface area contributed by atoms with Gasteiger partial charge in [0.1, 0.15) is 0 Å². The van der Waals surface area contributed by atoms with Crippen molar-refractivity contribution in [2.24, 2.45) is 11.3 Å². The van der Waals surface area contributed by atoms with Gasteiger partial charge in [0.15, 0.2) is 17.5 Å². The highest BCUT2D eigenvalue weighted by Crippen LogP contribution is 2.28. The van der Waals surface area contributed by atoms with Gasteiger partial charge in [0.2, 0.25) is 0 Å². The summed E-state index contributed by atoms with van der Waals surface area (Å²) in [6.07, 6.45) is 1.90. The van der Waals surface area contributed by atoms with Crippen LogP contribution in [0.1, 0.15) is 31.1 Å². The summed E-state index contributed by atoms with van der Waals surface area (Å²) in [4.78, 5) is 25.4. The number of carbonyl (C=O) groups excluding carboxylic acids is 2. The van der Waals surface area contributed by atoms with Gasteiger partial charge in [0, 0.05) is 15.9 Å². The molecule has 0 aromatic heterocycles. The summed E-state index contributed by atoms with van der Waals surface area (Å²) in [5.74, 6) is -2.24. The van der Waals surface area contributed by atoms with Gasteiger partial charge in [-0.05, 0) is 24.5 Å². The topological polar surface area (TPSA) is 57.9 Å². The van der Waals surface area contributed by atoms with Crippen LogP contribution in [-0.2, 0) is 4.79 Å². The van der Waals surface area contributed by atoms with E-state index in [1.54, 1.807) is 45.0 Å². The minimum absolute atomic E-state index is 0.216. The average molecular weight is 310 g/mol. The summed E-state index contributed by atoms with van der Waals surface area (Å²) >= 11 is 7.57. The first kappa shape index (κ1) is 16.7. The normalized spacial score (nSPS) is 12.6. The van der Waals surface area contributed by atoms with Crippen LogP contribution in [0.5, 0.6) is 0 Å². The number of hydrogen-bond donors (Lipinski definition) is 0. The van der Waals surface area contributed by atoms with Gasteiger partial charge in [-0.15, -0.1) is 11.8 Å². The molecule has 0 saturated heterocycles. The molecule has 3 nitrogen and oxygen atoms in total. The van der Waals surface area contributed by atoms with Gasteiger partial charge in [-0.3, -0.25) is 9.59 Å². The first-order valence-electron chi connectivity index (χ1n) is 6.04. The van der Waals surface area contributed by atoms with Crippen LogP contribution in [0.3, 0.4) is 0 Å². The molecule has 0 saturated carbocycles. The van der Waals surface area contributed by atoms with Crippen molar-refractivity contribution in [3.8, 4) is 6.07 Å². The first-order valence-corrected chi connectivity index (χ1v) is 7.64. The van der Waals surface area contributed by atoms with Crippen LogP contribution < -0.4 is 0 Å². The molecule has 0 spiro atoms. The number of thioether (sulfide) groups is 1. The van der Waals surface area contributed by atoms with E-state index in [0.29, 0.717) is 0 Å². The second kappa shape index (κ2) is 6.43. The lowest BCUT2D eigenvalue weighted by Crippen LogP contribution is -2.32. The fourth-order valence-corrected chi connectivity index (χ4v) is 2.43. The Balaban J connectivity index is 3.17. The number of carbonyl (C=O) groups is 2. The van der Waals surface area contributed by atoms with E-state index in [9.17, 15) is 9.59 Å². The number of nitrogens with zero attached hydrogens (tertiary/aromatic N) is 1. The van der Waals surface area contributed by atoms with Crippen molar-refractivity contribution < 1.29 is 9.59 Å². The molecule has 1 aromatic rings. The molecule has 0 amide bonds. The largest absolute Gasteiger partial charge is 0.297 e. The SMILES string of the molecule is CSc1ccc(C(=O)C(C#N)C(=O)C(C)(C)C)c(Cl)c1. The van der Waals surface area contributed by atoms with Crippen molar-refractivity contribution in [3.63, 3.8) is 0 Å². The van der Waals surface area contributed by atoms with E-state index in [2.05, 4.69) is 0 Å². The quantitative estimate of drug-likeness (QED) is 0.479. The molecule has 0 aliphatic heterocycles. The molecule has 5 heteroatoms. The number of Topliss-reactive ketones (excluding diaryl/α,β-unsaturated/α-hetero) is 2. The first-order chi connectivity index (χ1) is 9.22. The Morgan fingerprint density at radius 3 is 2.35 bits per heavy atom. The minimum Gasteiger partial charge on any atom is -0.297 e. The Kier molecular flexibility index (Phi) is 5.38. The second-order valence-corrected chi connectivity index (χ2v) is 6.67. The Hall–Kier alpha value is -1.31. The summed E-state index contributed by atoms with van der Waals surface area (Å²) in [5, 5.41) is 9.41. The molecular formula is C15H16ClNO2S. The molecule has 0 N–H and O–H groups in total. The van der Waals surface area contributed by atoms with Gasteiger partial charge in [-0.1, -0.05) is 32.4 Å². The van der Waals surface area contributed by atoms with Crippen LogP contribution in [0.2, 0.25) is 5.02 Å². The predicted molar refractivity (Wildman–Crippen MR) is 81.1 cm³/mol. The zero-order valence-corrected chi connectivity index (χ0v) is 13.4. The summed E-state index contributed by atoms with van der Waals surface area (Å²) < 4.78 is 0. The van der Waals surface area contributed by atoms with Crippen molar-refractivity contribution in [2.75, 3.05) is 6.26 Å². The lowest BCUT2D eigenvalue weighted by atomic mass is 9.80. The zero-order valence-electron chi connectivity index (χ0n) is 11.9. The Labute approximate surface area is 128 Å². The van der Waals surface area contributed by atoms with Crippen LogP contribution in [-0.4, -0.2) is 17.8 Å². The molecular weight excluding hydrogens is 294 g/mol. The van der Waals surface area contributed by atoms with Crippen LogP contribution in [0.25, 0.3) is 0 Å². The van der Waals surface area contributed by atoms with E-state index < -0.39 is 22.9 Å². The van der Waals surface area contributed by atoms with Gasteiger partial charge in [-0.2, -0.15) is 5.26 Å². The molecule has 0 fully saturated rings. The zero-order chi connectivity index (χ0) is 15.5. The highest BCUT2D eigenvalue weighted by atomic mass is 35.5. The second-order valence-electron chi connectivity index (χ2n) is 5.39.